The van der Waals surface area contributed by atoms with Gasteiger partial charge in [0.1, 0.15) is 17.5 Å². The average Bonchev–Trinajstić information content (AvgIpc) is 1.67. The number of allylic oxidation sites excluding steroid dienone is 12. The van der Waals surface area contributed by atoms with Crippen LogP contribution in [0.1, 0.15) is 136 Å². The first-order valence-electron chi connectivity index (χ1n) is 34.3. The van der Waals surface area contributed by atoms with Crippen molar-refractivity contribution in [1.29, 1.82) is 0 Å². The van der Waals surface area contributed by atoms with Crippen molar-refractivity contribution in [2.45, 2.75) is 109 Å². The Hall–Kier alpha value is -4.01. The molecule has 0 saturated heterocycles. The van der Waals surface area contributed by atoms with Gasteiger partial charge in [-0.25, -0.2) is 13.2 Å². The van der Waals surface area contributed by atoms with Gasteiger partial charge >= 0.3 is 0 Å². The summed E-state index contributed by atoms with van der Waals surface area (Å²) in [5.74, 6) is -0.487. The standard InChI is InChI=1S/C12H12Cl.C12H12F.C12H13.C11H11ClN.C11H10Cl.C11H11FN.C11H10F.C11H11.8Co/c2*1-2-3-9-4-5-10-6-7-11(13)8-12(9)10;1-2-5-10-8-9-11-6-3-4-7-12(10)11;1-3-8-7-13(2)11-5-4-9(12)6-10(8)11;1-2-8-3-4-9-5-6-10(12)7-11(8)9;1-3-8-7-13(2)11-5-4-9(12)6-10(8)11;1-2-8-3-4-9-5-6-10(12)7-11(8)9;1-2-9-7-8-10-5-3-4-6-11(9)10;;;;;;;;/h2*4,6-8H,1-3,5H2;3-4,6-8H,1-2,5,9H2;4-7H,1,3H2,2H3;3,5-7H,1-2,4H2;4-7H,1,3H2,2H3;3,5-7H,1-2,4H2;3-7H,1-2,8H2;;;;;;;;/q8*-1;;;;;;;;. The first-order chi connectivity index (χ1) is 48.0. The van der Waals surface area contributed by atoms with E-state index in [0.717, 1.165) is 145 Å². The van der Waals surface area contributed by atoms with E-state index in [1.165, 1.54) is 124 Å². The topological polar surface area (TPSA) is 9.86 Å². The van der Waals surface area contributed by atoms with Gasteiger partial charge < -0.3 is 64.5 Å². The zero-order chi connectivity index (χ0) is 70.5. The van der Waals surface area contributed by atoms with Crippen molar-refractivity contribution < 1.29 is 147 Å². The number of aromatic nitrogens is 2. The summed E-state index contributed by atoms with van der Waals surface area (Å²) in [5.41, 5.74) is 28.4. The molecule has 0 amide bonds. The van der Waals surface area contributed by atoms with Crippen LogP contribution >= 0.6 is 34.8 Å². The number of fused-ring (bicyclic) bond motifs is 8. The molecule has 8 aromatic carbocycles. The number of aryl methyl sites for hydroxylation is 2. The van der Waals surface area contributed by atoms with E-state index >= 15 is 0 Å². The third kappa shape index (κ3) is 27.4. The second-order valence-electron chi connectivity index (χ2n) is 25.0. The number of nitrogens with zero attached hydrogens (tertiary/aromatic N) is 2. The predicted molar refractivity (Wildman–Crippen MR) is 421 cm³/mol. The van der Waals surface area contributed by atoms with Crippen LogP contribution in [0.3, 0.4) is 0 Å². The number of benzene rings is 8. The SMILES string of the molecule is [CH2-]CC1=CCc2ccc(Cl)cc21.[CH2-]CC1=CCc2ccc(F)cc21.[CH2-]CC1=CCc2ccccc21.[CH2-]CCC1=CCc2ccc(Cl)cc21.[CH2-]CCC1=CCc2ccc(F)cc21.[CH2-]CCC1=CCc2ccccc21.[CH2-]Cc1cn(C)c2ccc(Cl)cc12.[CH2-]Cc1cn(C)c2ccc(F)cc12.[Co].[Co].[Co].[Co].[Co].[Co].[Co].[Co]. The Morgan fingerprint density at radius 3 is 0.963 bits per heavy atom. The van der Waals surface area contributed by atoms with E-state index in [0.29, 0.717) is 6.42 Å². The Labute approximate surface area is 734 Å². The number of rotatable bonds is 11. The maximum Gasteiger partial charge on any atom is 0.123 e. The number of hydrogen-bond acceptors (Lipinski definition) is 0. The molecule has 2 aromatic heterocycles. The molecule has 107 heavy (non-hydrogen) atoms. The maximum absolute atomic E-state index is 12.9. The molecule has 0 saturated carbocycles. The van der Waals surface area contributed by atoms with Gasteiger partial charge in [-0.2, -0.15) is 51.4 Å². The predicted octanol–water partition coefficient (Wildman–Crippen LogP) is 25.7. The maximum atomic E-state index is 12.9. The molecular formula is C91H90Cl3Co8F3N2-8. The van der Waals surface area contributed by atoms with Crippen molar-refractivity contribution >= 4 is 90.0 Å². The quantitative estimate of drug-likeness (QED) is 0.114. The van der Waals surface area contributed by atoms with Gasteiger partial charge in [-0.15, -0.1) is 0 Å². The van der Waals surface area contributed by atoms with E-state index in [1.54, 1.807) is 24.3 Å². The molecule has 2 heterocycles. The minimum Gasteiger partial charge on any atom is -0.350 e. The third-order valence-corrected chi connectivity index (χ3v) is 19.3. The van der Waals surface area contributed by atoms with Crippen LogP contribution < -0.4 is 0 Å². The summed E-state index contributed by atoms with van der Waals surface area (Å²) in [6.45, 7) is 30.9. The van der Waals surface area contributed by atoms with Crippen LogP contribution in [-0.2, 0) is 200 Å². The minimum absolute atomic E-state index is 0. The van der Waals surface area contributed by atoms with Gasteiger partial charge in [0.2, 0.25) is 0 Å². The van der Waals surface area contributed by atoms with Crippen molar-refractivity contribution in [3.05, 3.63) is 372 Å². The minimum atomic E-state index is -0.187. The summed E-state index contributed by atoms with van der Waals surface area (Å²) in [7, 11) is 3.99. The van der Waals surface area contributed by atoms with Crippen LogP contribution in [0.2, 0.25) is 15.1 Å². The molecule has 586 valence electrons. The Balaban J connectivity index is 0.000000605. The summed E-state index contributed by atoms with van der Waals surface area (Å²) in [5, 5.41) is 4.61. The largest absolute Gasteiger partial charge is 0.350 e. The third-order valence-electron chi connectivity index (χ3n) is 18.6. The molecule has 0 spiro atoms. The van der Waals surface area contributed by atoms with Gasteiger partial charge in [0.25, 0.3) is 0 Å². The molecule has 0 N–H and O–H groups in total. The van der Waals surface area contributed by atoms with Crippen LogP contribution in [0.25, 0.3) is 55.2 Å². The summed E-state index contributed by atoms with van der Waals surface area (Å²) < 4.78 is 42.8. The van der Waals surface area contributed by atoms with Crippen molar-refractivity contribution in [3.63, 3.8) is 0 Å². The van der Waals surface area contributed by atoms with Crippen molar-refractivity contribution in [1.82, 2.24) is 9.13 Å². The molecule has 2 nitrogen and oxygen atoms in total. The van der Waals surface area contributed by atoms with Crippen LogP contribution in [0.4, 0.5) is 13.2 Å². The summed E-state index contributed by atoms with van der Waals surface area (Å²) in [6, 6.07) is 50.2. The molecule has 16 rings (SSSR count). The second-order valence-corrected chi connectivity index (χ2v) is 26.3. The van der Waals surface area contributed by atoms with Gasteiger partial charge in [0, 0.05) is 198 Å². The summed E-state index contributed by atoms with van der Waals surface area (Å²) in [4.78, 5) is 0. The Morgan fingerprint density at radius 1 is 0.299 bits per heavy atom. The van der Waals surface area contributed by atoms with E-state index in [1.807, 2.05) is 73.4 Å². The van der Waals surface area contributed by atoms with Crippen LogP contribution in [0.5, 0.6) is 0 Å². The van der Waals surface area contributed by atoms with E-state index in [2.05, 4.69) is 169 Å². The Kier molecular flexibility index (Phi) is 48.0. The van der Waals surface area contributed by atoms with Gasteiger partial charge in [-0.3, -0.25) is 0 Å². The molecule has 16 heteroatoms. The smallest absolute Gasteiger partial charge is 0.123 e. The van der Waals surface area contributed by atoms with Crippen molar-refractivity contribution in [2.75, 3.05) is 0 Å². The van der Waals surface area contributed by atoms with Gasteiger partial charge in [0.15, 0.2) is 0 Å². The van der Waals surface area contributed by atoms with Gasteiger partial charge in [-0.05, 0) is 207 Å². The molecule has 8 radical (unpaired) electrons. The molecular weight excluding hydrogens is 1760 g/mol. The first kappa shape index (κ1) is 101. The molecule has 0 atom stereocenters. The van der Waals surface area contributed by atoms with Gasteiger partial charge in [-0.1, -0.05) is 191 Å². The second kappa shape index (κ2) is 50.9. The summed E-state index contributed by atoms with van der Waals surface area (Å²) >= 11 is 17.8. The Morgan fingerprint density at radius 2 is 0.570 bits per heavy atom. The monoisotopic (exact) mass is 1840 g/mol. The molecule has 6 aliphatic carbocycles. The normalized spacial score (nSPS) is 12.4. The Bertz CT molecular complexity index is 4430. The molecule has 0 unspecified atom stereocenters. The number of halogens is 6. The fourth-order valence-corrected chi connectivity index (χ4v) is 14.0. The average molecular weight is 1850 g/mol. The number of hydrogen-bond donors (Lipinski definition) is 0. The molecule has 0 aliphatic heterocycles. The fourth-order valence-electron chi connectivity index (χ4n) is 13.5. The molecule has 10 aromatic rings. The fraction of sp³-hybridized carbons (Fsp3) is 0.209. The van der Waals surface area contributed by atoms with Crippen molar-refractivity contribution in [2.24, 2.45) is 14.1 Å². The summed E-state index contributed by atoms with van der Waals surface area (Å²) in [6.07, 6.45) is 33.7. The van der Waals surface area contributed by atoms with Crippen LogP contribution in [0, 0.1) is 72.8 Å². The molecule has 6 aliphatic rings. The molecule has 0 bridgehead atoms. The zero-order valence-electron chi connectivity index (χ0n) is 60.1. The van der Waals surface area contributed by atoms with Crippen LogP contribution in [0.15, 0.2) is 207 Å². The van der Waals surface area contributed by atoms with E-state index in [-0.39, 0.29) is 152 Å². The van der Waals surface area contributed by atoms with E-state index in [9.17, 15) is 13.2 Å². The zero-order valence-corrected chi connectivity index (χ0v) is 70.7. The molecule has 0 fully saturated rings. The van der Waals surface area contributed by atoms with Gasteiger partial charge in [0.05, 0.1) is 0 Å². The van der Waals surface area contributed by atoms with Crippen LogP contribution in [-0.4, -0.2) is 9.13 Å². The van der Waals surface area contributed by atoms with Crippen molar-refractivity contribution in [3.8, 4) is 0 Å². The van der Waals surface area contributed by atoms with E-state index in [4.69, 9.17) is 34.8 Å². The first-order valence-corrected chi connectivity index (χ1v) is 35.4. The van der Waals surface area contributed by atoms with E-state index < -0.39 is 0 Å².